The van der Waals surface area contributed by atoms with E-state index >= 15 is 0 Å². The van der Waals surface area contributed by atoms with Crippen LogP contribution in [0.1, 0.15) is 38.2 Å². The van der Waals surface area contributed by atoms with Gasteiger partial charge in [-0.05, 0) is 87.4 Å². The summed E-state index contributed by atoms with van der Waals surface area (Å²) in [4.78, 5) is 13.3. The lowest BCUT2D eigenvalue weighted by molar-refractivity contribution is -0.114. The molecular formula is C29H35N3O6S2. The van der Waals surface area contributed by atoms with Gasteiger partial charge in [-0.1, -0.05) is 30.5 Å². The Hall–Kier alpha value is -3.41. The highest BCUT2D eigenvalue weighted by atomic mass is 32.2. The van der Waals surface area contributed by atoms with Crippen LogP contribution in [0, 0.1) is 6.92 Å². The quantitative estimate of drug-likeness (QED) is 0.366. The summed E-state index contributed by atoms with van der Waals surface area (Å²) in [7, 11) is -7.70. The molecule has 9 nitrogen and oxygen atoms in total. The molecule has 0 aromatic heterocycles. The van der Waals surface area contributed by atoms with Gasteiger partial charge in [-0.2, -0.15) is 4.31 Å². The molecule has 4 rings (SSSR count). The number of carbonyl (C=O) groups excluding carboxylic acids is 1. The van der Waals surface area contributed by atoms with Crippen LogP contribution in [-0.4, -0.2) is 53.3 Å². The Labute approximate surface area is 236 Å². The van der Waals surface area contributed by atoms with Gasteiger partial charge in [0.2, 0.25) is 15.9 Å². The van der Waals surface area contributed by atoms with Crippen LogP contribution in [0.5, 0.6) is 5.75 Å². The highest BCUT2D eigenvalue weighted by Crippen LogP contribution is 2.27. The van der Waals surface area contributed by atoms with Crippen molar-refractivity contribution in [2.75, 3.05) is 35.9 Å². The molecule has 0 unspecified atom stereocenters. The number of carbonyl (C=O) groups is 1. The molecule has 0 radical (unpaired) electrons. The third-order valence-electron chi connectivity index (χ3n) is 6.67. The average molecular weight is 586 g/mol. The van der Waals surface area contributed by atoms with Crippen LogP contribution in [0.4, 0.5) is 11.4 Å². The van der Waals surface area contributed by atoms with E-state index in [-0.39, 0.29) is 9.79 Å². The van der Waals surface area contributed by atoms with E-state index in [1.807, 2.05) is 13.8 Å². The number of nitrogens with zero attached hydrogens (tertiary/aromatic N) is 2. The first-order valence-electron chi connectivity index (χ1n) is 13.3. The van der Waals surface area contributed by atoms with Crippen molar-refractivity contribution in [2.45, 2.75) is 49.3 Å². The third kappa shape index (κ3) is 7.01. The molecule has 11 heteroatoms. The van der Waals surface area contributed by atoms with Crippen LogP contribution < -0.4 is 14.4 Å². The molecule has 1 aliphatic heterocycles. The summed E-state index contributed by atoms with van der Waals surface area (Å²) in [6.45, 7) is 4.68. The fourth-order valence-corrected chi connectivity index (χ4v) is 7.44. The Bertz CT molecular complexity index is 1500. The van der Waals surface area contributed by atoms with Crippen molar-refractivity contribution < 1.29 is 26.4 Å². The molecule has 1 N–H and O–H groups in total. The van der Waals surface area contributed by atoms with E-state index in [4.69, 9.17) is 4.74 Å². The highest BCUT2D eigenvalue weighted by molar-refractivity contribution is 7.92. The maximum Gasteiger partial charge on any atom is 0.264 e. The topological polar surface area (TPSA) is 113 Å². The first kappa shape index (κ1) is 29.6. The molecule has 214 valence electrons. The number of sulfonamides is 2. The zero-order valence-electron chi connectivity index (χ0n) is 22.7. The Balaban J connectivity index is 1.54. The molecule has 0 aliphatic carbocycles. The summed E-state index contributed by atoms with van der Waals surface area (Å²) >= 11 is 0. The fraction of sp³-hybridized carbons (Fsp3) is 0.345. The Kier molecular flexibility index (Phi) is 9.49. The van der Waals surface area contributed by atoms with E-state index in [0.29, 0.717) is 36.8 Å². The number of hydrogen-bond acceptors (Lipinski definition) is 6. The Morgan fingerprint density at radius 1 is 0.825 bits per heavy atom. The minimum Gasteiger partial charge on any atom is -0.494 e. The minimum atomic E-state index is -4.08. The van der Waals surface area contributed by atoms with Gasteiger partial charge in [-0.25, -0.2) is 16.8 Å². The number of anilines is 2. The van der Waals surface area contributed by atoms with Crippen LogP contribution >= 0.6 is 0 Å². The second-order valence-corrected chi connectivity index (χ2v) is 13.4. The van der Waals surface area contributed by atoms with Crippen LogP contribution in [0.25, 0.3) is 0 Å². The number of ether oxygens (including phenoxy) is 1. The number of hydrogen-bond donors (Lipinski definition) is 1. The standard InChI is InChI=1S/C29H35N3O6S2/c1-3-38-26-14-12-25(13-15-26)32(40(36,37)28-16-8-23(2)9-17-28)22-29(33)30-24-10-18-27(19-11-24)39(34,35)31-20-6-4-5-7-21-31/h8-19H,3-7,20-22H2,1-2H3,(H,30,33). The summed E-state index contributed by atoms with van der Waals surface area (Å²) in [5.41, 5.74) is 1.57. The molecule has 1 saturated heterocycles. The highest BCUT2D eigenvalue weighted by Gasteiger charge is 2.28. The molecule has 1 heterocycles. The van der Waals surface area contributed by atoms with Gasteiger partial charge in [0.05, 0.1) is 22.1 Å². The number of nitrogens with one attached hydrogen (secondary N) is 1. The Morgan fingerprint density at radius 2 is 1.40 bits per heavy atom. The number of amides is 1. The third-order valence-corrected chi connectivity index (χ3v) is 10.4. The van der Waals surface area contributed by atoms with Crippen LogP contribution in [0.2, 0.25) is 0 Å². The molecule has 0 bridgehead atoms. The van der Waals surface area contributed by atoms with Gasteiger partial charge < -0.3 is 10.1 Å². The van der Waals surface area contributed by atoms with E-state index in [9.17, 15) is 21.6 Å². The van der Waals surface area contributed by atoms with Gasteiger partial charge in [0.1, 0.15) is 12.3 Å². The van der Waals surface area contributed by atoms with Crippen molar-refractivity contribution in [3.8, 4) is 5.75 Å². The maximum atomic E-state index is 13.6. The number of rotatable bonds is 10. The summed E-state index contributed by atoms with van der Waals surface area (Å²) in [5, 5.41) is 2.70. The fourth-order valence-electron chi connectivity index (χ4n) is 4.50. The molecule has 40 heavy (non-hydrogen) atoms. The van der Waals surface area contributed by atoms with Crippen LogP contribution in [0.15, 0.2) is 82.6 Å². The van der Waals surface area contributed by atoms with Gasteiger partial charge in [0.15, 0.2) is 0 Å². The van der Waals surface area contributed by atoms with Gasteiger partial charge >= 0.3 is 0 Å². The van der Waals surface area contributed by atoms with Crippen LogP contribution in [0.3, 0.4) is 0 Å². The van der Waals surface area contributed by atoms with Crippen molar-refractivity contribution >= 4 is 37.3 Å². The molecule has 0 atom stereocenters. The maximum absolute atomic E-state index is 13.6. The molecular weight excluding hydrogens is 550 g/mol. The summed E-state index contributed by atoms with van der Waals surface area (Å²) in [5.74, 6) is 0.00583. The second-order valence-electron chi connectivity index (χ2n) is 9.64. The van der Waals surface area contributed by atoms with Crippen LogP contribution in [-0.2, 0) is 24.8 Å². The predicted octanol–water partition coefficient (Wildman–Crippen LogP) is 4.79. The molecule has 1 fully saturated rings. The molecule has 1 aliphatic rings. The average Bonchev–Trinajstić information content (AvgIpc) is 3.24. The van der Waals surface area contributed by atoms with Gasteiger partial charge in [-0.3, -0.25) is 9.10 Å². The first-order valence-corrected chi connectivity index (χ1v) is 16.2. The summed E-state index contributed by atoms with van der Waals surface area (Å²) < 4.78 is 61.4. The van der Waals surface area contributed by atoms with E-state index in [2.05, 4.69) is 5.32 Å². The van der Waals surface area contributed by atoms with Crippen molar-refractivity contribution in [3.05, 3.63) is 78.4 Å². The zero-order valence-corrected chi connectivity index (χ0v) is 24.4. The van der Waals surface area contributed by atoms with E-state index in [1.165, 1.54) is 40.7 Å². The molecule has 1 amide bonds. The molecule has 3 aromatic carbocycles. The molecule has 3 aromatic rings. The minimum absolute atomic E-state index is 0.0582. The van der Waals surface area contributed by atoms with E-state index < -0.39 is 32.5 Å². The van der Waals surface area contributed by atoms with Crippen molar-refractivity contribution in [2.24, 2.45) is 0 Å². The molecule has 0 saturated carbocycles. The number of benzene rings is 3. The van der Waals surface area contributed by atoms with E-state index in [1.54, 1.807) is 36.4 Å². The molecule has 0 spiro atoms. The lowest BCUT2D eigenvalue weighted by Gasteiger charge is -2.24. The van der Waals surface area contributed by atoms with Crippen molar-refractivity contribution in [3.63, 3.8) is 0 Å². The smallest absolute Gasteiger partial charge is 0.264 e. The van der Waals surface area contributed by atoms with E-state index in [0.717, 1.165) is 35.6 Å². The summed E-state index contributed by atoms with van der Waals surface area (Å²) in [6, 6.07) is 18.8. The number of aryl methyl sites for hydroxylation is 1. The SMILES string of the molecule is CCOc1ccc(N(CC(=O)Nc2ccc(S(=O)(=O)N3CCCCCC3)cc2)S(=O)(=O)c2ccc(C)cc2)cc1. The zero-order chi connectivity index (χ0) is 28.8. The normalized spacial score (nSPS) is 14.8. The van der Waals surface area contributed by atoms with Gasteiger partial charge in [-0.15, -0.1) is 0 Å². The largest absolute Gasteiger partial charge is 0.494 e. The summed E-state index contributed by atoms with van der Waals surface area (Å²) in [6.07, 6.45) is 3.71. The predicted molar refractivity (Wildman–Crippen MR) is 156 cm³/mol. The van der Waals surface area contributed by atoms with Gasteiger partial charge in [0, 0.05) is 18.8 Å². The van der Waals surface area contributed by atoms with Crippen molar-refractivity contribution in [1.82, 2.24) is 4.31 Å². The second kappa shape index (κ2) is 12.8. The first-order chi connectivity index (χ1) is 19.1. The Morgan fingerprint density at radius 3 is 1.98 bits per heavy atom. The van der Waals surface area contributed by atoms with Gasteiger partial charge in [0.25, 0.3) is 10.0 Å². The lowest BCUT2D eigenvalue weighted by atomic mass is 10.2. The lowest BCUT2D eigenvalue weighted by Crippen LogP contribution is -2.38. The monoisotopic (exact) mass is 585 g/mol. The van der Waals surface area contributed by atoms with Crippen molar-refractivity contribution in [1.29, 1.82) is 0 Å².